The van der Waals surface area contributed by atoms with E-state index in [1.165, 1.54) is 0 Å². The van der Waals surface area contributed by atoms with Gasteiger partial charge in [-0.2, -0.15) is 5.10 Å². The van der Waals surface area contributed by atoms with Gasteiger partial charge in [-0.1, -0.05) is 6.92 Å². The summed E-state index contributed by atoms with van der Waals surface area (Å²) in [5.41, 5.74) is 2.50. The molecule has 1 aliphatic heterocycles. The lowest BCUT2D eigenvalue weighted by atomic mass is 9.90. The van der Waals surface area contributed by atoms with Crippen LogP contribution in [0, 0.1) is 0 Å². The van der Waals surface area contributed by atoms with Crippen LogP contribution in [0.15, 0.2) is 0 Å². The molecule has 6 nitrogen and oxygen atoms in total. The van der Waals surface area contributed by atoms with Crippen molar-refractivity contribution in [3.63, 3.8) is 0 Å². The second-order valence-electron chi connectivity index (χ2n) is 5.50. The summed E-state index contributed by atoms with van der Waals surface area (Å²) in [4.78, 5) is 12.2. The first kappa shape index (κ1) is 14.5. The number of hydrogen-bond donors (Lipinski definition) is 0. The predicted octanol–water partition coefficient (Wildman–Crippen LogP) is 1.70. The predicted molar refractivity (Wildman–Crippen MR) is 75.1 cm³/mol. The Balaban J connectivity index is 1.96. The SMILES string of the molecule is CCCn1nc(C(=O)OCC)c2c1CCC1(C2)OCCO1. The molecular weight excluding hydrogens is 272 g/mol. The van der Waals surface area contributed by atoms with Crippen molar-refractivity contribution in [1.82, 2.24) is 9.78 Å². The molecule has 0 radical (unpaired) electrons. The largest absolute Gasteiger partial charge is 0.461 e. The average molecular weight is 294 g/mol. The van der Waals surface area contributed by atoms with Crippen LogP contribution in [-0.2, 0) is 33.6 Å². The Bertz CT molecular complexity index is 532. The summed E-state index contributed by atoms with van der Waals surface area (Å²) in [5.74, 6) is -0.910. The molecule has 6 heteroatoms. The molecule has 1 saturated heterocycles. The van der Waals surface area contributed by atoms with E-state index in [4.69, 9.17) is 14.2 Å². The third-order valence-electron chi connectivity index (χ3n) is 4.07. The summed E-state index contributed by atoms with van der Waals surface area (Å²) in [5, 5.41) is 4.49. The lowest BCUT2D eigenvalue weighted by molar-refractivity contribution is -0.164. The standard InChI is InChI=1S/C15H22N2O4/c1-3-7-17-12-5-6-15(20-8-9-21-15)10-11(12)13(16-17)14(18)19-4-2/h3-10H2,1-2H3. The number of nitrogens with zero attached hydrogens (tertiary/aromatic N) is 2. The van der Waals surface area contributed by atoms with Gasteiger partial charge in [0.25, 0.3) is 0 Å². The van der Waals surface area contributed by atoms with Gasteiger partial charge in [-0.15, -0.1) is 0 Å². The number of rotatable bonds is 4. The van der Waals surface area contributed by atoms with E-state index in [0.717, 1.165) is 37.1 Å². The van der Waals surface area contributed by atoms with Gasteiger partial charge in [0.05, 0.1) is 19.8 Å². The highest BCUT2D eigenvalue weighted by atomic mass is 16.7. The number of carbonyl (C=O) groups excluding carboxylic acids is 1. The fourth-order valence-corrected chi connectivity index (χ4v) is 3.17. The van der Waals surface area contributed by atoms with Gasteiger partial charge < -0.3 is 14.2 Å². The lowest BCUT2D eigenvalue weighted by Gasteiger charge is -2.31. The minimum absolute atomic E-state index is 0.348. The van der Waals surface area contributed by atoms with Crippen molar-refractivity contribution in [2.75, 3.05) is 19.8 Å². The third-order valence-corrected chi connectivity index (χ3v) is 4.07. The fourth-order valence-electron chi connectivity index (χ4n) is 3.17. The minimum Gasteiger partial charge on any atom is -0.461 e. The van der Waals surface area contributed by atoms with E-state index in [0.29, 0.717) is 31.9 Å². The number of esters is 1. The zero-order valence-corrected chi connectivity index (χ0v) is 12.7. The first-order valence-corrected chi connectivity index (χ1v) is 7.72. The van der Waals surface area contributed by atoms with Gasteiger partial charge in [-0.05, 0) is 19.8 Å². The summed E-state index contributed by atoms with van der Waals surface area (Å²) < 4.78 is 18.7. The van der Waals surface area contributed by atoms with E-state index in [2.05, 4.69) is 12.0 Å². The van der Waals surface area contributed by atoms with Gasteiger partial charge in [-0.3, -0.25) is 4.68 Å². The third kappa shape index (κ3) is 2.58. The molecule has 116 valence electrons. The molecule has 0 atom stereocenters. The highest BCUT2D eigenvalue weighted by Gasteiger charge is 2.43. The zero-order chi connectivity index (χ0) is 14.9. The average Bonchev–Trinajstić information content (AvgIpc) is 3.05. The van der Waals surface area contributed by atoms with Crippen LogP contribution < -0.4 is 0 Å². The van der Waals surface area contributed by atoms with Crippen molar-refractivity contribution in [2.45, 2.75) is 51.9 Å². The van der Waals surface area contributed by atoms with E-state index in [-0.39, 0.29) is 5.97 Å². The normalized spacial score (nSPS) is 19.7. The second kappa shape index (κ2) is 5.77. The Morgan fingerprint density at radius 1 is 1.38 bits per heavy atom. The summed E-state index contributed by atoms with van der Waals surface area (Å²) >= 11 is 0. The Morgan fingerprint density at radius 2 is 2.14 bits per heavy atom. The topological polar surface area (TPSA) is 62.6 Å². The van der Waals surface area contributed by atoms with Gasteiger partial charge in [0.15, 0.2) is 11.5 Å². The van der Waals surface area contributed by atoms with Crippen LogP contribution in [0.2, 0.25) is 0 Å². The summed E-state index contributed by atoms with van der Waals surface area (Å²) in [6.45, 7) is 6.31. The van der Waals surface area contributed by atoms with Crippen molar-refractivity contribution in [3.8, 4) is 0 Å². The van der Waals surface area contributed by atoms with Crippen molar-refractivity contribution in [3.05, 3.63) is 17.0 Å². The van der Waals surface area contributed by atoms with Crippen molar-refractivity contribution in [1.29, 1.82) is 0 Å². The van der Waals surface area contributed by atoms with Crippen LogP contribution in [-0.4, -0.2) is 41.4 Å². The number of ether oxygens (including phenoxy) is 3. The van der Waals surface area contributed by atoms with Gasteiger partial charge in [0, 0.05) is 30.6 Å². The highest BCUT2D eigenvalue weighted by Crippen LogP contribution is 2.37. The van der Waals surface area contributed by atoms with Crippen LogP contribution in [0.3, 0.4) is 0 Å². The molecule has 0 saturated carbocycles. The smallest absolute Gasteiger partial charge is 0.359 e. The maximum Gasteiger partial charge on any atom is 0.359 e. The maximum absolute atomic E-state index is 12.2. The van der Waals surface area contributed by atoms with Crippen molar-refractivity contribution >= 4 is 5.97 Å². The Kier molecular flexibility index (Phi) is 3.99. The summed E-state index contributed by atoms with van der Waals surface area (Å²) in [6.07, 6.45) is 3.20. The van der Waals surface area contributed by atoms with Crippen LogP contribution in [0.5, 0.6) is 0 Å². The summed E-state index contributed by atoms with van der Waals surface area (Å²) in [6, 6.07) is 0. The van der Waals surface area contributed by atoms with Crippen LogP contribution in [0.25, 0.3) is 0 Å². The second-order valence-corrected chi connectivity index (χ2v) is 5.50. The zero-order valence-electron chi connectivity index (χ0n) is 12.7. The number of aromatic nitrogens is 2. The number of carbonyl (C=O) groups is 1. The molecule has 3 rings (SSSR count). The van der Waals surface area contributed by atoms with Gasteiger partial charge >= 0.3 is 5.97 Å². The monoisotopic (exact) mass is 294 g/mol. The van der Waals surface area contributed by atoms with E-state index < -0.39 is 5.79 Å². The van der Waals surface area contributed by atoms with Crippen LogP contribution in [0.1, 0.15) is 48.4 Å². The number of fused-ring (bicyclic) bond motifs is 1. The fraction of sp³-hybridized carbons (Fsp3) is 0.733. The first-order chi connectivity index (χ1) is 10.2. The quantitative estimate of drug-likeness (QED) is 0.791. The number of hydrogen-bond acceptors (Lipinski definition) is 5. The van der Waals surface area contributed by atoms with Crippen LogP contribution in [0.4, 0.5) is 0 Å². The molecule has 0 aromatic carbocycles. The van der Waals surface area contributed by atoms with E-state index >= 15 is 0 Å². The molecule has 1 spiro atoms. The van der Waals surface area contributed by atoms with Gasteiger partial charge in [-0.25, -0.2) is 4.79 Å². The van der Waals surface area contributed by atoms with E-state index in [9.17, 15) is 4.79 Å². The molecule has 0 N–H and O–H groups in total. The molecule has 1 aromatic rings. The van der Waals surface area contributed by atoms with Crippen molar-refractivity contribution < 1.29 is 19.0 Å². The molecule has 1 aliphatic carbocycles. The minimum atomic E-state index is -0.561. The van der Waals surface area contributed by atoms with E-state index in [1.807, 2.05) is 4.68 Å². The van der Waals surface area contributed by atoms with Gasteiger partial charge in [0.1, 0.15) is 0 Å². The Labute approximate surface area is 124 Å². The molecule has 1 aromatic heterocycles. The highest BCUT2D eigenvalue weighted by molar-refractivity contribution is 5.89. The van der Waals surface area contributed by atoms with Gasteiger partial charge in [0.2, 0.25) is 0 Å². The molecular formula is C15H22N2O4. The molecule has 21 heavy (non-hydrogen) atoms. The lowest BCUT2D eigenvalue weighted by Crippen LogP contribution is -2.37. The molecule has 0 unspecified atom stereocenters. The molecule has 0 amide bonds. The molecule has 2 aliphatic rings. The van der Waals surface area contributed by atoms with Crippen molar-refractivity contribution in [2.24, 2.45) is 0 Å². The number of aryl methyl sites for hydroxylation is 1. The Hall–Kier alpha value is -1.40. The summed E-state index contributed by atoms with van der Waals surface area (Å²) in [7, 11) is 0. The maximum atomic E-state index is 12.2. The van der Waals surface area contributed by atoms with E-state index in [1.54, 1.807) is 6.92 Å². The first-order valence-electron chi connectivity index (χ1n) is 7.72. The molecule has 2 heterocycles. The molecule has 0 bridgehead atoms. The van der Waals surface area contributed by atoms with Crippen LogP contribution >= 0.6 is 0 Å². The Morgan fingerprint density at radius 3 is 2.81 bits per heavy atom. The molecule has 1 fully saturated rings.